The molecule has 0 spiro atoms. The predicted molar refractivity (Wildman–Crippen MR) is 77.2 cm³/mol. The molecule has 0 bridgehead atoms. The summed E-state index contributed by atoms with van der Waals surface area (Å²) in [5.74, 6) is 0. The van der Waals surface area contributed by atoms with Crippen molar-refractivity contribution in [2.45, 2.75) is 65.2 Å². The van der Waals surface area contributed by atoms with Crippen LogP contribution in [0.15, 0.2) is 18.2 Å². The first-order valence-corrected chi connectivity index (χ1v) is 6.74. The van der Waals surface area contributed by atoms with Gasteiger partial charge in [0.25, 0.3) is 0 Å². The maximum absolute atomic E-state index is 6.12. The fourth-order valence-corrected chi connectivity index (χ4v) is 2.95. The van der Waals surface area contributed by atoms with Crippen LogP contribution in [0.25, 0.3) is 0 Å². The monoisotopic (exact) mass is 247 g/mol. The minimum absolute atomic E-state index is 0.0419. The van der Waals surface area contributed by atoms with Gasteiger partial charge in [0.2, 0.25) is 0 Å². The Morgan fingerprint density at radius 3 is 2.33 bits per heavy atom. The van der Waals surface area contributed by atoms with Crippen molar-refractivity contribution >= 4 is 5.69 Å². The van der Waals surface area contributed by atoms with Gasteiger partial charge in [-0.2, -0.15) is 0 Å². The van der Waals surface area contributed by atoms with Crippen LogP contribution in [-0.4, -0.2) is 17.2 Å². The van der Waals surface area contributed by atoms with Crippen molar-refractivity contribution in [2.24, 2.45) is 0 Å². The predicted octanol–water partition coefficient (Wildman–Crippen LogP) is 4.06. The first kappa shape index (κ1) is 13.4. The molecule has 1 atom stereocenters. The van der Waals surface area contributed by atoms with E-state index in [1.165, 1.54) is 16.8 Å². The molecule has 1 N–H and O–H groups in total. The molecule has 0 radical (unpaired) electrons. The zero-order valence-corrected chi connectivity index (χ0v) is 12.4. The van der Waals surface area contributed by atoms with Crippen LogP contribution >= 0.6 is 0 Å². The smallest absolute Gasteiger partial charge is 0.0834 e. The van der Waals surface area contributed by atoms with E-state index in [-0.39, 0.29) is 11.2 Å². The van der Waals surface area contributed by atoms with Crippen molar-refractivity contribution < 1.29 is 4.74 Å². The number of aryl methyl sites for hydroxylation is 2. The summed E-state index contributed by atoms with van der Waals surface area (Å²) in [5, 5.41) is 3.66. The Kier molecular flexibility index (Phi) is 3.18. The normalized spacial score (nSPS) is 25.1. The molecule has 2 nitrogen and oxygen atoms in total. The number of nitrogens with one attached hydrogen (secondary N) is 1. The van der Waals surface area contributed by atoms with Crippen LogP contribution in [0, 0.1) is 13.8 Å². The Labute approximate surface area is 111 Å². The van der Waals surface area contributed by atoms with Gasteiger partial charge in [0.1, 0.15) is 0 Å². The van der Waals surface area contributed by atoms with Gasteiger partial charge in [-0.1, -0.05) is 17.7 Å². The average Bonchev–Trinajstić information content (AvgIpc) is 2.39. The number of rotatable bonds is 2. The van der Waals surface area contributed by atoms with Crippen LogP contribution in [0.2, 0.25) is 0 Å². The van der Waals surface area contributed by atoms with Crippen LogP contribution in [0.3, 0.4) is 0 Å². The van der Waals surface area contributed by atoms with E-state index in [4.69, 9.17) is 4.74 Å². The van der Waals surface area contributed by atoms with Crippen LogP contribution in [0.4, 0.5) is 5.69 Å². The molecule has 2 heteroatoms. The van der Waals surface area contributed by atoms with Crippen LogP contribution in [-0.2, 0) is 4.74 Å². The van der Waals surface area contributed by atoms with E-state index < -0.39 is 0 Å². The van der Waals surface area contributed by atoms with E-state index in [1.807, 2.05) is 0 Å². The molecule has 1 unspecified atom stereocenters. The minimum atomic E-state index is -0.124. The summed E-state index contributed by atoms with van der Waals surface area (Å²) in [6.07, 6.45) is 1.04. The van der Waals surface area contributed by atoms with Crippen molar-refractivity contribution in [3.05, 3.63) is 29.3 Å². The number of hydrogen-bond acceptors (Lipinski definition) is 2. The molecule has 1 heterocycles. The molecular formula is C16H25NO. The summed E-state index contributed by atoms with van der Waals surface area (Å²) in [6.45, 7) is 13.0. The Morgan fingerprint density at radius 2 is 1.83 bits per heavy atom. The minimum Gasteiger partial charge on any atom is -0.379 e. The first-order chi connectivity index (χ1) is 8.20. The molecule has 2 rings (SSSR count). The molecule has 1 fully saturated rings. The highest BCUT2D eigenvalue weighted by Gasteiger charge is 2.45. The second-order valence-corrected chi connectivity index (χ2v) is 6.68. The van der Waals surface area contributed by atoms with E-state index in [0.717, 1.165) is 6.42 Å². The second-order valence-electron chi connectivity index (χ2n) is 6.68. The summed E-state index contributed by atoms with van der Waals surface area (Å²) in [4.78, 5) is 0. The third-order valence-electron chi connectivity index (χ3n) is 3.79. The molecule has 1 aliphatic rings. The van der Waals surface area contributed by atoms with E-state index in [9.17, 15) is 0 Å². The van der Waals surface area contributed by atoms with E-state index in [2.05, 4.69) is 65.1 Å². The Morgan fingerprint density at radius 1 is 1.17 bits per heavy atom. The number of anilines is 1. The summed E-state index contributed by atoms with van der Waals surface area (Å²) < 4.78 is 6.12. The van der Waals surface area contributed by atoms with E-state index >= 15 is 0 Å². The van der Waals surface area contributed by atoms with Gasteiger partial charge in [-0.15, -0.1) is 0 Å². The topological polar surface area (TPSA) is 21.3 Å². The van der Waals surface area contributed by atoms with Gasteiger partial charge in [0.15, 0.2) is 0 Å². The third kappa shape index (κ3) is 2.69. The highest BCUT2D eigenvalue weighted by Crippen LogP contribution is 2.39. The van der Waals surface area contributed by atoms with Crippen LogP contribution in [0.1, 0.15) is 45.2 Å². The van der Waals surface area contributed by atoms with Gasteiger partial charge in [0, 0.05) is 5.69 Å². The second kappa shape index (κ2) is 4.27. The van der Waals surface area contributed by atoms with Crippen molar-refractivity contribution in [1.82, 2.24) is 0 Å². The lowest BCUT2D eigenvalue weighted by Gasteiger charge is -2.29. The molecular weight excluding hydrogens is 222 g/mol. The zero-order valence-electron chi connectivity index (χ0n) is 12.4. The van der Waals surface area contributed by atoms with Crippen molar-refractivity contribution in [3.8, 4) is 0 Å². The van der Waals surface area contributed by atoms with Gasteiger partial charge in [-0.25, -0.2) is 0 Å². The Balaban J connectivity index is 2.19. The van der Waals surface area contributed by atoms with Gasteiger partial charge in [0.05, 0.1) is 17.2 Å². The lowest BCUT2D eigenvalue weighted by molar-refractivity contribution is -0.0662. The summed E-state index contributed by atoms with van der Waals surface area (Å²) >= 11 is 0. The molecule has 1 saturated heterocycles. The van der Waals surface area contributed by atoms with Crippen molar-refractivity contribution in [2.75, 3.05) is 5.32 Å². The maximum atomic E-state index is 6.12. The molecule has 1 aliphatic heterocycles. The molecule has 0 amide bonds. The molecule has 0 saturated carbocycles. The highest BCUT2D eigenvalue weighted by molar-refractivity contribution is 5.53. The molecule has 0 aliphatic carbocycles. The Hall–Kier alpha value is -1.02. The summed E-state index contributed by atoms with van der Waals surface area (Å²) in [6, 6.07) is 6.90. The fourth-order valence-electron chi connectivity index (χ4n) is 2.95. The number of benzene rings is 1. The average molecular weight is 247 g/mol. The van der Waals surface area contributed by atoms with E-state index in [0.29, 0.717) is 6.04 Å². The largest absolute Gasteiger partial charge is 0.379 e. The Bertz CT molecular complexity index is 448. The SMILES string of the molecule is Cc1ccc(NC2CC(C)(C)OC2(C)C)c(C)c1. The highest BCUT2D eigenvalue weighted by atomic mass is 16.5. The van der Waals surface area contributed by atoms with Gasteiger partial charge < -0.3 is 10.1 Å². The van der Waals surface area contributed by atoms with Crippen LogP contribution in [0.5, 0.6) is 0 Å². The lowest BCUT2D eigenvalue weighted by atomic mass is 9.94. The molecule has 1 aromatic rings. The molecule has 18 heavy (non-hydrogen) atoms. The zero-order chi connectivity index (χ0) is 13.6. The fraction of sp³-hybridized carbons (Fsp3) is 0.625. The van der Waals surface area contributed by atoms with Gasteiger partial charge in [-0.3, -0.25) is 0 Å². The van der Waals surface area contributed by atoms with Gasteiger partial charge >= 0.3 is 0 Å². The lowest BCUT2D eigenvalue weighted by Crippen LogP contribution is -2.38. The molecule has 0 aromatic heterocycles. The van der Waals surface area contributed by atoms with Crippen LogP contribution < -0.4 is 5.32 Å². The quantitative estimate of drug-likeness (QED) is 0.851. The van der Waals surface area contributed by atoms with Gasteiger partial charge in [-0.05, 0) is 59.6 Å². The number of hydrogen-bond donors (Lipinski definition) is 1. The first-order valence-electron chi connectivity index (χ1n) is 6.74. The maximum Gasteiger partial charge on any atom is 0.0834 e. The molecule has 1 aromatic carbocycles. The standard InChI is InChI=1S/C16H25NO/c1-11-7-8-13(12(2)9-11)17-14-10-15(3,4)18-16(14,5)6/h7-9,14,17H,10H2,1-6H3. The van der Waals surface area contributed by atoms with Crippen molar-refractivity contribution in [1.29, 1.82) is 0 Å². The van der Waals surface area contributed by atoms with E-state index in [1.54, 1.807) is 0 Å². The third-order valence-corrected chi connectivity index (χ3v) is 3.79. The van der Waals surface area contributed by atoms with Crippen molar-refractivity contribution in [3.63, 3.8) is 0 Å². The summed E-state index contributed by atoms with van der Waals surface area (Å²) in [5.41, 5.74) is 3.66. The number of ether oxygens (including phenoxy) is 1. The molecule has 100 valence electrons. The summed E-state index contributed by atoms with van der Waals surface area (Å²) in [7, 11) is 0.